The molecule has 1 heterocycles. The molecule has 0 amide bonds. The maximum absolute atomic E-state index is 12.4. The van der Waals surface area contributed by atoms with Crippen LogP contribution in [0, 0.1) is 5.92 Å². The average Bonchev–Trinajstić information content (AvgIpc) is 3.24. The first-order chi connectivity index (χ1) is 18.1. The van der Waals surface area contributed by atoms with Gasteiger partial charge in [0.15, 0.2) is 5.75 Å². The molecule has 38 heavy (non-hydrogen) atoms. The molecule has 0 aliphatic rings. The molecule has 3 aromatic carbocycles. The van der Waals surface area contributed by atoms with Gasteiger partial charge in [0.1, 0.15) is 17.5 Å². The number of hydrogen-bond donors (Lipinski definition) is 2. The Bertz CT molecular complexity index is 1480. The SMILES string of the molecule is CC(C)c1ccccc1-c1sc2cc(OC(=O)[C@@H](N)C(C)C)ccc2c1Oc1ccc(C=CC(=O)O)cc1. The molecule has 4 aromatic rings. The number of ether oxygens (including phenoxy) is 2. The van der Waals surface area contributed by atoms with Gasteiger partial charge in [-0.2, -0.15) is 0 Å². The number of carbonyl (C=O) groups is 2. The third-order valence-electron chi connectivity index (χ3n) is 6.17. The van der Waals surface area contributed by atoms with Crippen molar-refractivity contribution in [1.29, 1.82) is 0 Å². The van der Waals surface area contributed by atoms with E-state index in [1.807, 2.05) is 50.2 Å². The van der Waals surface area contributed by atoms with Gasteiger partial charge in [-0.3, -0.25) is 0 Å². The molecule has 0 spiro atoms. The summed E-state index contributed by atoms with van der Waals surface area (Å²) in [5.41, 5.74) is 9.02. The van der Waals surface area contributed by atoms with Gasteiger partial charge in [0.2, 0.25) is 0 Å². The van der Waals surface area contributed by atoms with Gasteiger partial charge in [0.05, 0.1) is 4.88 Å². The zero-order valence-corrected chi connectivity index (χ0v) is 22.6. The van der Waals surface area contributed by atoms with Crippen LogP contribution >= 0.6 is 11.3 Å². The van der Waals surface area contributed by atoms with E-state index < -0.39 is 18.0 Å². The lowest BCUT2D eigenvalue weighted by Gasteiger charge is -2.14. The van der Waals surface area contributed by atoms with Crippen molar-refractivity contribution in [1.82, 2.24) is 0 Å². The summed E-state index contributed by atoms with van der Waals surface area (Å²) in [6, 6.07) is 20.3. The molecule has 0 saturated heterocycles. The first-order valence-corrected chi connectivity index (χ1v) is 13.3. The zero-order valence-electron chi connectivity index (χ0n) is 21.8. The first kappa shape index (κ1) is 27.1. The second-order valence-corrected chi connectivity index (χ2v) is 10.7. The number of nitrogens with two attached hydrogens (primary N) is 1. The lowest BCUT2D eigenvalue weighted by molar-refractivity contribution is -0.137. The highest BCUT2D eigenvalue weighted by Gasteiger charge is 2.22. The molecule has 6 nitrogen and oxygen atoms in total. The molecule has 0 saturated carbocycles. The minimum atomic E-state index is -1.00. The molecule has 0 aliphatic heterocycles. The number of rotatable bonds is 9. The number of aliphatic carboxylic acids is 1. The zero-order chi connectivity index (χ0) is 27.4. The van der Waals surface area contributed by atoms with E-state index in [0.717, 1.165) is 32.2 Å². The smallest absolute Gasteiger partial charge is 0.328 e. The number of esters is 1. The van der Waals surface area contributed by atoms with Crippen LogP contribution in [0.15, 0.2) is 72.8 Å². The number of carboxylic acids is 1. The Hall–Kier alpha value is -3.94. The number of hydrogen-bond acceptors (Lipinski definition) is 6. The number of fused-ring (bicyclic) bond motifs is 1. The van der Waals surface area contributed by atoms with E-state index >= 15 is 0 Å². The Labute approximate surface area is 226 Å². The fourth-order valence-corrected chi connectivity index (χ4v) is 5.20. The topological polar surface area (TPSA) is 98.9 Å². The fraction of sp³-hybridized carbons (Fsp3) is 0.226. The summed E-state index contributed by atoms with van der Waals surface area (Å²) in [6.07, 6.45) is 2.63. The summed E-state index contributed by atoms with van der Waals surface area (Å²) in [5.74, 6) is 0.582. The number of benzene rings is 3. The van der Waals surface area contributed by atoms with Crippen molar-refractivity contribution in [2.24, 2.45) is 11.7 Å². The van der Waals surface area contributed by atoms with Crippen molar-refractivity contribution in [2.45, 2.75) is 39.7 Å². The number of thiophene rings is 1. The van der Waals surface area contributed by atoms with Crippen LogP contribution < -0.4 is 15.2 Å². The standard InChI is InChI=1S/C31H31NO5S/c1-18(2)23-7-5-6-8-24(23)30-29(36-21-12-9-20(10-13-21)11-16-27(33)34)25-15-14-22(17-26(25)38-30)37-31(35)28(32)19(3)4/h5-19,28H,32H2,1-4H3,(H,33,34)/t28-/m0/s1. The van der Waals surface area contributed by atoms with Crippen molar-refractivity contribution in [3.8, 4) is 27.7 Å². The predicted molar refractivity (Wildman–Crippen MR) is 153 cm³/mol. The molecule has 196 valence electrons. The molecule has 0 unspecified atom stereocenters. The molecule has 3 N–H and O–H groups in total. The fourth-order valence-electron chi connectivity index (χ4n) is 3.99. The van der Waals surface area contributed by atoms with Gasteiger partial charge in [0.25, 0.3) is 0 Å². The molecular formula is C31H31NO5S. The van der Waals surface area contributed by atoms with Crippen LogP contribution in [0.2, 0.25) is 0 Å². The van der Waals surface area contributed by atoms with Gasteiger partial charge < -0.3 is 20.3 Å². The van der Waals surface area contributed by atoms with Crippen LogP contribution in [0.25, 0.3) is 26.6 Å². The van der Waals surface area contributed by atoms with Gasteiger partial charge in [-0.05, 0) is 64.9 Å². The number of carbonyl (C=O) groups excluding carboxylic acids is 1. The van der Waals surface area contributed by atoms with Crippen LogP contribution in [0.4, 0.5) is 0 Å². The maximum Gasteiger partial charge on any atom is 0.328 e. The molecule has 0 radical (unpaired) electrons. The maximum atomic E-state index is 12.4. The lowest BCUT2D eigenvalue weighted by atomic mass is 9.96. The highest BCUT2D eigenvalue weighted by molar-refractivity contribution is 7.22. The number of carboxylic acid groups (broad SMARTS) is 1. The summed E-state index contributed by atoms with van der Waals surface area (Å²) in [7, 11) is 0. The second-order valence-electron chi connectivity index (χ2n) is 9.69. The highest BCUT2D eigenvalue weighted by Crippen LogP contribution is 2.48. The molecule has 1 aromatic heterocycles. The molecule has 1 atom stereocenters. The third kappa shape index (κ3) is 6.13. The van der Waals surface area contributed by atoms with E-state index in [4.69, 9.17) is 20.3 Å². The minimum Gasteiger partial charge on any atom is -0.478 e. The summed E-state index contributed by atoms with van der Waals surface area (Å²) in [6.45, 7) is 8.08. The second kappa shape index (κ2) is 11.6. The Morgan fingerprint density at radius 1 is 0.947 bits per heavy atom. The van der Waals surface area contributed by atoms with Gasteiger partial charge in [0, 0.05) is 16.2 Å². The van der Waals surface area contributed by atoms with Gasteiger partial charge >= 0.3 is 11.9 Å². The molecular weight excluding hydrogens is 498 g/mol. The van der Waals surface area contributed by atoms with Crippen molar-refractivity contribution >= 4 is 39.4 Å². The summed E-state index contributed by atoms with van der Waals surface area (Å²) >= 11 is 1.57. The van der Waals surface area contributed by atoms with E-state index in [1.54, 1.807) is 29.5 Å². The first-order valence-electron chi connectivity index (χ1n) is 12.5. The highest BCUT2D eigenvalue weighted by atomic mass is 32.1. The van der Waals surface area contributed by atoms with Crippen LogP contribution in [-0.2, 0) is 9.59 Å². The van der Waals surface area contributed by atoms with Crippen molar-refractivity contribution in [3.05, 3.63) is 83.9 Å². The van der Waals surface area contributed by atoms with E-state index in [0.29, 0.717) is 23.2 Å². The van der Waals surface area contributed by atoms with E-state index in [1.165, 1.54) is 11.6 Å². The third-order valence-corrected chi connectivity index (χ3v) is 7.34. The van der Waals surface area contributed by atoms with Gasteiger partial charge in [-0.25, -0.2) is 9.59 Å². The lowest BCUT2D eigenvalue weighted by Crippen LogP contribution is -2.38. The minimum absolute atomic E-state index is 0.0295. The van der Waals surface area contributed by atoms with Crippen molar-refractivity contribution < 1.29 is 24.2 Å². The Morgan fingerprint density at radius 3 is 2.29 bits per heavy atom. The average molecular weight is 530 g/mol. The largest absolute Gasteiger partial charge is 0.478 e. The van der Waals surface area contributed by atoms with E-state index in [-0.39, 0.29) is 5.92 Å². The Balaban J connectivity index is 1.77. The van der Waals surface area contributed by atoms with Crippen LogP contribution in [0.1, 0.15) is 44.7 Å². The molecule has 0 bridgehead atoms. The molecule has 0 fully saturated rings. The molecule has 4 rings (SSSR count). The normalized spacial score (nSPS) is 12.4. The van der Waals surface area contributed by atoms with Gasteiger partial charge in [-0.15, -0.1) is 11.3 Å². The van der Waals surface area contributed by atoms with E-state index in [9.17, 15) is 9.59 Å². The van der Waals surface area contributed by atoms with Crippen LogP contribution in [0.5, 0.6) is 17.2 Å². The van der Waals surface area contributed by atoms with Crippen LogP contribution in [0.3, 0.4) is 0 Å². The molecule has 7 heteroatoms. The van der Waals surface area contributed by atoms with Crippen molar-refractivity contribution in [2.75, 3.05) is 0 Å². The van der Waals surface area contributed by atoms with Crippen molar-refractivity contribution in [3.63, 3.8) is 0 Å². The Kier molecular flexibility index (Phi) is 8.29. The predicted octanol–water partition coefficient (Wildman–Crippen LogP) is 7.47. The van der Waals surface area contributed by atoms with E-state index in [2.05, 4.69) is 26.0 Å². The quantitative estimate of drug-likeness (QED) is 0.133. The Morgan fingerprint density at radius 2 is 1.63 bits per heavy atom. The van der Waals surface area contributed by atoms with Gasteiger partial charge in [-0.1, -0.05) is 64.1 Å². The summed E-state index contributed by atoms with van der Waals surface area (Å²) in [4.78, 5) is 24.2. The molecule has 0 aliphatic carbocycles. The monoisotopic (exact) mass is 529 g/mol. The van der Waals surface area contributed by atoms with Crippen LogP contribution in [-0.4, -0.2) is 23.1 Å². The summed E-state index contributed by atoms with van der Waals surface area (Å²) in [5, 5.41) is 9.77. The summed E-state index contributed by atoms with van der Waals surface area (Å²) < 4.78 is 13.0.